The van der Waals surface area contributed by atoms with Crippen molar-refractivity contribution in [2.75, 3.05) is 26.8 Å². The number of aromatic nitrogens is 2. The highest BCUT2D eigenvalue weighted by Crippen LogP contribution is 2.27. The molecule has 3 rings (SSSR count). The number of nitrogens with zero attached hydrogens (tertiary/aromatic N) is 2. The van der Waals surface area contributed by atoms with E-state index >= 15 is 0 Å². The summed E-state index contributed by atoms with van der Waals surface area (Å²) in [5.74, 6) is 0.341. The smallest absolute Gasteiger partial charge is 0.257 e. The lowest BCUT2D eigenvalue weighted by atomic mass is 9.94. The Bertz CT molecular complexity index is 715. The molecule has 1 amide bonds. The molecular weight excluding hydrogens is 310 g/mol. The van der Waals surface area contributed by atoms with E-state index < -0.39 is 6.10 Å². The van der Waals surface area contributed by atoms with Crippen LogP contribution < -0.4 is 4.74 Å². The van der Waals surface area contributed by atoms with Crippen LogP contribution in [0.25, 0.3) is 11.3 Å². The molecule has 1 saturated heterocycles. The maximum absolute atomic E-state index is 12.8. The van der Waals surface area contributed by atoms with E-state index in [1.165, 1.54) is 6.20 Å². The van der Waals surface area contributed by atoms with Crippen molar-refractivity contribution >= 4 is 5.91 Å². The van der Waals surface area contributed by atoms with E-state index in [4.69, 9.17) is 4.74 Å². The molecule has 128 valence electrons. The Morgan fingerprint density at radius 2 is 2.33 bits per heavy atom. The van der Waals surface area contributed by atoms with Crippen LogP contribution in [0.3, 0.4) is 0 Å². The molecule has 7 heteroatoms. The van der Waals surface area contributed by atoms with E-state index in [1.807, 2.05) is 24.3 Å². The van der Waals surface area contributed by atoms with Crippen LogP contribution in [0.1, 0.15) is 16.8 Å². The van der Waals surface area contributed by atoms with Crippen LogP contribution in [-0.4, -0.2) is 64.1 Å². The second kappa shape index (κ2) is 7.02. The molecule has 1 fully saturated rings. The van der Waals surface area contributed by atoms with E-state index in [1.54, 1.807) is 12.0 Å². The summed E-state index contributed by atoms with van der Waals surface area (Å²) in [7, 11) is 1.59. The van der Waals surface area contributed by atoms with Crippen molar-refractivity contribution in [2.45, 2.75) is 12.5 Å². The molecule has 0 unspecified atom stereocenters. The molecule has 2 heterocycles. The predicted molar refractivity (Wildman–Crippen MR) is 87.7 cm³/mol. The first-order chi connectivity index (χ1) is 11.6. The summed E-state index contributed by atoms with van der Waals surface area (Å²) in [6, 6.07) is 7.38. The average Bonchev–Trinajstić information content (AvgIpc) is 3.10. The first kappa shape index (κ1) is 16.5. The lowest BCUT2D eigenvalue weighted by Gasteiger charge is -2.35. The second-order valence-electron chi connectivity index (χ2n) is 5.94. The molecule has 1 aromatic carbocycles. The number of H-pyrrole nitrogens is 1. The Kier molecular flexibility index (Phi) is 4.82. The van der Waals surface area contributed by atoms with Crippen molar-refractivity contribution in [1.29, 1.82) is 0 Å². The minimum absolute atomic E-state index is 0.0655. The topological polar surface area (TPSA) is 98.7 Å². The highest BCUT2D eigenvalue weighted by atomic mass is 16.5. The maximum atomic E-state index is 12.8. The molecule has 24 heavy (non-hydrogen) atoms. The summed E-state index contributed by atoms with van der Waals surface area (Å²) in [5, 5.41) is 26.1. The number of rotatable bonds is 4. The standard InChI is InChI=1S/C17H21N3O4/c1-24-13-4-2-3-11(7-13)16-14(8-18-19-16)17(23)20-6-5-12(10-21)15(22)9-20/h2-4,7-8,12,15,21-22H,5-6,9-10H2,1H3,(H,18,19)/t12-,15+/m1/s1. The highest BCUT2D eigenvalue weighted by molar-refractivity contribution is 5.99. The van der Waals surface area contributed by atoms with Gasteiger partial charge < -0.3 is 19.8 Å². The van der Waals surface area contributed by atoms with Crippen LogP contribution in [0.5, 0.6) is 5.75 Å². The molecule has 1 aliphatic rings. The van der Waals surface area contributed by atoms with Gasteiger partial charge in [-0.2, -0.15) is 5.10 Å². The third-order valence-electron chi connectivity index (χ3n) is 4.47. The number of hydrogen-bond donors (Lipinski definition) is 3. The second-order valence-corrected chi connectivity index (χ2v) is 5.94. The minimum Gasteiger partial charge on any atom is -0.497 e. The Morgan fingerprint density at radius 3 is 3.04 bits per heavy atom. The summed E-state index contributed by atoms with van der Waals surface area (Å²) < 4.78 is 5.22. The molecule has 1 aliphatic heterocycles. The largest absolute Gasteiger partial charge is 0.497 e. The molecule has 7 nitrogen and oxygen atoms in total. The molecule has 0 spiro atoms. The van der Waals surface area contributed by atoms with Gasteiger partial charge in [0, 0.05) is 31.2 Å². The number of aliphatic hydroxyl groups excluding tert-OH is 2. The van der Waals surface area contributed by atoms with Crippen molar-refractivity contribution in [3.05, 3.63) is 36.0 Å². The van der Waals surface area contributed by atoms with Gasteiger partial charge in [0.25, 0.3) is 5.91 Å². The van der Waals surface area contributed by atoms with Gasteiger partial charge in [0.05, 0.1) is 30.7 Å². The Morgan fingerprint density at radius 1 is 1.50 bits per heavy atom. The first-order valence-corrected chi connectivity index (χ1v) is 7.90. The Labute approximate surface area is 139 Å². The fourth-order valence-corrected chi connectivity index (χ4v) is 2.99. The summed E-state index contributed by atoms with van der Waals surface area (Å²) >= 11 is 0. The maximum Gasteiger partial charge on any atom is 0.257 e. The van der Waals surface area contributed by atoms with Gasteiger partial charge in [-0.15, -0.1) is 0 Å². The van der Waals surface area contributed by atoms with Crippen LogP contribution in [0.4, 0.5) is 0 Å². The first-order valence-electron chi connectivity index (χ1n) is 7.90. The SMILES string of the molecule is COc1cccc(-c2[nH]ncc2C(=O)N2CC[C@H](CO)[C@@H](O)C2)c1. The number of nitrogens with one attached hydrogen (secondary N) is 1. The fourth-order valence-electron chi connectivity index (χ4n) is 2.99. The van der Waals surface area contributed by atoms with E-state index in [0.29, 0.717) is 30.0 Å². The number of β-amino-alcohol motifs (C(OH)–C–C–N with tert-alkyl or cyclic N) is 1. The zero-order valence-corrected chi connectivity index (χ0v) is 13.5. The van der Waals surface area contributed by atoms with E-state index in [9.17, 15) is 15.0 Å². The van der Waals surface area contributed by atoms with Crippen molar-refractivity contribution in [3.8, 4) is 17.0 Å². The fraction of sp³-hybridized carbons (Fsp3) is 0.412. The lowest BCUT2D eigenvalue weighted by molar-refractivity contribution is 0.000906. The van der Waals surface area contributed by atoms with Gasteiger partial charge in [0.1, 0.15) is 5.75 Å². The molecule has 3 N–H and O–H groups in total. The molecule has 1 aromatic heterocycles. The highest BCUT2D eigenvalue weighted by Gasteiger charge is 2.31. The molecular formula is C17H21N3O4. The van der Waals surface area contributed by atoms with Crippen LogP contribution >= 0.6 is 0 Å². The minimum atomic E-state index is -0.708. The summed E-state index contributed by atoms with van der Waals surface area (Å²) in [6.45, 7) is 0.653. The number of amides is 1. The third-order valence-corrected chi connectivity index (χ3v) is 4.47. The van der Waals surface area contributed by atoms with Gasteiger partial charge in [-0.1, -0.05) is 12.1 Å². The quantitative estimate of drug-likeness (QED) is 0.773. The number of methoxy groups -OCH3 is 1. The van der Waals surface area contributed by atoms with Gasteiger partial charge in [-0.25, -0.2) is 0 Å². The molecule has 0 saturated carbocycles. The number of carbonyl (C=O) groups excluding carboxylic acids is 1. The van der Waals surface area contributed by atoms with Crippen LogP contribution in [0, 0.1) is 5.92 Å². The van der Waals surface area contributed by atoms with Crippen LogP contribution in [0.2, 0.25) is 0 Å². The average molecular weight is 331 g/mol. The molecule has 2 atom stereocenters. The van der Waals surface area contributed by atoms with Gasteiger partial charge in [0.2, 0.25) is 0 Å². The number of ether oxygens (including phenoxy) is 1. The monoisotopic (exact) mass is 331 g/mol. The lowest BCUT2D eigenvalue weighted by Crippen LogP contribution is -2.47. The third kappa shape index (κ3) is 3.13. The number of aromatic amines is 1. The number of likely N-dealkylation sites (tertiary alicyclic amines) is 1. The van der Waals surface area contributed by atoms with Gasteiger partial charge in [0.15, 0.2) is 0 Å². The normalized spacial score (nSPS) is 20.9. The zero-order chi connectivity index (χ0) is 17.1. The van der Waals surface area contributed by atoms with E-state index in [2.05, 4.69) is 10.2 Å². The molecule has 0 bridgehead atoms. The summed E-state index contributed by atoms with van der Waals surface area (Å²) in [5.41, 5.74) is 1.89. The van der Waals surface area contributed by atoms with Crippen molar-refractivity contribution in [1.82, 2.24) is 15.1 Å². The number of benzene rings is 1. The zero-order valence-electron chi connectivity index (χ0n) is 13.5. The van der Waals surface area contributed by atoms with E-state index in [0.717, 1.165) is 5.56 Å². The predicted octanol–water partition coefficient (Wildman–Crippen LogP) is 0.901. The number of carbonyl (C=O) groups is 1. The van der Waals surface area contributed by atoms with Gasteiger partial charge in [-0.05, 0) is 18.6 Å². The van der Waals surface area contributed by atoms with Gasteiger partial charge in [-0.3, -0.25) is 9.89 Å². The molecule has 0 radical (unpaired) electrons. The van der Waals surface area contributed by atoms with Crippen molar-refractivity contribution in [3.63, 3.8) is 0 Å². The van der Waals surface area contributed by atoms with Crippen molar-refractivity contribution < 1.29 is 19.7 Å². The van der Waals surface area contributed by atoms with Crippen molar-refractivity contribution in [2.24, 2.45) is 5.92 Å². The van der Waals surface area contributed by atoms with Gasteiger partial charge >= 0.3 is 0 Å². The van der Waals surface area contributed by atoms with Crippen LogP contribution in [0.15, 0.2) is 30.5 Å². The number of piperidine rings is 1. The number of hydrogen-bond acceptors (Lipinski definition) is 5. The Hall–Kier alpha value is -2.38. The summed E-state index contributed by atoms with van der Waals surface area (Å²) in [6.07, 6.45) is 1.37. The van der Waals surface area contributed by atoms with Crippen LogP contribution in [-0.2, 0) is 0 Å². The van der Waals surface area contributed by atoms with E-state index in [-0.39, 0.29) is 25.0 Å². The summed E-state index contributed by atoms with van der Waals surface area (Å²) in [4.78, 5) is 14.4. The molecule has 0 aliphatic carbocycles. The Balaban J connectivity index is 1.83. The number of aliphatic hydroxyl groups is 2. The molecule has 2 aromatic rings.